The van der Waals surface area contributed by atoms with E-state index in [0.717, 1.165) is 0 Å². The highest BCUT2D eigenvalue weighted by Crippen LogP contribution is 2.32. The molecule has 0 aliphatic heterocycles. The number of para-hydroxylation sites is 1. The number of nitrogens with two attached hydrogens (primary N) is 2. The van der Waals surface area contributed by atoms with Gasteiger partial charge in [0.1, 0.15) is 10.7 Å². The normalized spacial score (nSPS) is 11.6. The van der Waals surface area contributed by atoms with Crippen LogP contribution in [0.15, 0.2) is 58.3 Å². The fraction of sp³-hybridized carbons (Fsp3) is 0.0625. The number of aryl methyl sites for hydroxylation is 1. The summed E-state index contributed by atoms with van der Waals surface area (Å²) in [5.41, 5.74) is 13.0. The summed E-state index contributed by atoms with van der Waals surface area (Å²) < 4.78 is 27.3. The molecule has 6 nitrogen and oxygen atoms in total. The molecule has 0 bridgehead atoms. The Hall–Kier alpha value is -2.51. The first-order valence-electron chi connectivity index (χ1n) is 7.03. The van der Waals surface area contributed by atoms with Crippen LogP contribution in [-0.4, -0.2) is 18.2 Å². The summed E-state index contributed by atoms with van der Waals surface area (Å²) in [6, 6.07) is 13.2. The third-order valence-electron chi connectivity index (χ3n) is 3.59. The van der Waals surface area contributed by atoms with Gasteiger partial charge in [0, 0.05) is 0 Å². The third-order valence-corrected chi connectivity index (χ3v) is 5.85. The van der Waals surface area contributed by atoms with E-state index < -0.39 is 9.84 Å². The molecule has 0 saturated carbocycles. The zero-order chi connectivity index (χ0) is 17.5. The lowest BCUT2D eigenvalue weighted by atomic mass is 10.3. The molecule has 1 aromatic heterocycles. The van der Waals surface area contributed by atoms with Crippen molar-refractivity contribution < 1.29 is 8.42 Å². The van der Waals surface area contributed by atoms with Gasteiger partial charge in [-0.25, -0.2) is 13.1 Å². The minimum absolute atomic E-state index is 0.0202. The monoisotopic (exact) mass is 362 g/mol. The molecule has 0 aliphatic rings. The van der Waals surface area contributed by atoms with Crippen molar-refractivity contribution in [2.45, 2.75) is 16.7 Å². The van der Waals surface area contributed by atoms with E-state index in [0.29, 0.717) is 16.4 Å². The lowest BCUT2D eigenvalue weighted by Gasteiger charge is -2.07. The van der Waals surface area contributed by atoms with Gasteiger partial charge in [-0.15, -0.1) is 0 Å². The number of nitrogen functional groups attached to an aromatic ring is 2. The van der Waals surface area contributed by atoms with Gasteiger partial charge >= 0.3 is 0 Å². The maximum Gasteiger partial charge on any atom is 0.212 e. The summed E-state index contributed by atoms with van der Waals surface area (Å²) in [4.78, 5) is -0.0140. The van der Waals surface area contributed by atoms with E-state index in [-0.39, 0.29) is 21.3 Å². The minimum Gasteiger partial charge on any atom is -0.397 e. The van der Waals surface area contributed by atoms with Crippen LogP contribution in [0.1, 0.15) is 5.69 Å². The second kappa shape index (κ2) is 5.85. The van der Waals surface area contributed by atoms with E-state index in [9.17, 15) is 8.42 Å². The van der Waals surface area contributed by atoms with Crippen LogP contribution in [-0.2, 0) is 9.84 Å². The molecule has 0 atom stereocenters. The molecule has 0 radical (unpaired) electrons. The zero-order valence-corrected chi connectivity index (χ0v) is 14.3. The molecular weight excluding hydrogens is 348 g/mol. The van der Waals surface area contributed by atoms with E-state index in [1.165, 1.54) is 22.9 Å². The number of aromatic nitrogens is 2. The predicted molar refractivity (Wildman–Crippen MR) is 94.0 cm³/mol. The fourth-order valence-corrected chi connectivity index (χ4v) is 4.11. The number of halogens is 1. The molecule has 0 amide bonds. The summed E-state index contributed by atoms with van der Waals surface area (Å²) in [7, 11) is -3.87. The first-order chi connectivity index (χ1) is 11.3. The number of anilines is 2. The van der Waals surface area contributed by atoms with Crippen LogP contribution in [0.3, 0.4) is 0 Å². The number of sulfone groups is 1. The van der Waals surface area contributed by atoms with Gasteiger partial charge in [-0.1, -0.05) is 29.8 Å². The highest BCUT2D eigenvalue weighted by Gasteiger charge is 2.28. The minimum atomic E-state index is -3.87. The molecule has 0 fully saturated rings. The van der Waals surface area contributed by atoms with Gasteiger partial charge in [0.15, 0.2) is 0 Å². The van der Waals surface area contributed by atoms with Crippen molar-refractivity contribution >= 4 is 32.9 Å². The molecule has 4 N–H and O–H groups in total. The topological polar surface area (TPSA) is 104 Å². The van der Waals surface area contributed by atoms with Crippen LogP contribution in [0, 0.1) is 6.92 Å². The van der Waals surface area contributed by atoms with Crippen LogP contribution in [0.4, 0.5) is 11.5 Å². The molecule has 8 heteroatoms. The van der Waals surface area contributed by atoms with E-state index in [2.05, 4.69) is 5.10 Å². The van der Waals surface area contributed by atoms with Crippen molar-refractivity contribution in [3.8, 4) is 5.69 Å². The Balaban J connectivity index is 2.19. The molecular formula is C16H15ClN4O2S. The Morgan fingerprint density at radius 3 is 2.38 bits per heavy atom. The Kier molecular flexibility index (Phi) is 3.98. The average molecular weight is 363 g/mol. The van der Waals surface area contributed by atoms with Crippen molar-refractivity contribution in [2.75, 3.05) is 11.5 Å². The molecule has 1 heterocycles. The summed E-state index contributed by atoms with van der Waals surface area (Å²) in [6.07, 6.45) is 0. The van der Waals surface area contributed by atoms with Crippen LogP contribution >= 0.6 is 11.6 Å². The maximum atomic E-state index is 13.0. The number of hydrogen-bond donors (Lipinski definition) is 2. The Bertz CT molecular complexity index is 1010. The zero-order valence-electron chi connectivity index (χ0n) is 12.8. The first-order valence-corrected chi connectivity index (χ1v) is 8.89. The van der Waals surface area contributed by atoms with Crippen LogP contribution in [0.2, 0.25) is 5.02 Å². The third kappa shape index (κ3) is 2.61. The summed E-state index contributed by atoms with van der Waals surface area (Å²) in [5.74, 6) is 0.0484. The van der Waals surface area contributed by atoms with Gasteiger partial charge < -0.3 is 11.5 Å². The second-order valence-corrected chi connectivity index (χ2v) is 7.53. The van der Waals surface area contributed by atoms with Crippen LogP contribution in [0.5, 0.6) is 0 Å². The van der Waals surface area contributed by atoms with E-state index >= 15 is 0 Å². The van der Waals surface area contributed by atoms with Crippen molar-refractivity contribution in [2.24, 2.45) is 0 Å². The number of rotatable bonds is 3. The molecule has 0 saturated heterocycles. The lowest BCUT2D eigenvalue weighted by Crippen LogP contribution is -2.08. The molecule has 0 spiro atoms. The molecule has 24 heavy (non-hydrogen) atoms. The number of nitrogens with zero attached hydrogens (tertiary/aromatic N) is 2. The maximum absolute atomic E-state index is 13.0. The quantitative estimate of drug-likeness (QED) is 0.697. The van der Waals surface area contributed by atoms with Crippen LogP contribution in [0.25, 0.3) is 5.69 Å². The summed E-state index contributed by atoms with van der Waals surface area (Å²) >= 11 is 5.86. The number of hydrogen-bond acceptors (Lipinski definition) is 5. The largest absolute Gasteiger partial charge is 0.397 e. The summed E-state index contributed by atoms with van der Waals surface area (Å²) in [6.45, 7) is 1.60. The van der Waals surface area contributed by atoms with E-state index in [1.54, 1.807) is 19.1 Å². The SMILES string of the molecule is Cc1nn(-c2ccccc2)c(N)c1S(=O)(=O)c1ccc(Cl)c(N)c1. The van der Waals surface area contributed by atoms with Crippen LogP contribution < -0.4 is 11.5 Å². The van der Waals surface area contributed by atoms with Crippen molar-refractivity contribution in [1.29, 1.82) is 0 Å². The van der Waals surface area contributed by atoms with Gasteiger partial charge in [-0.2, -0.15) is 5.10 Å². The van der Waals surface area contributed by atoms with Gasteiger partial charge in [0.25, 0.3) is 0 Å². The van der Waals surface area contributed by atoms with Gasteiger partial charge in [0.05, 0.1) is 27.0 Å². The molecule has 2 aromatic carbocycles. The highest BCUT2D eigenvalue weighted by molar-refractivity contribution is 7.91. The fourth-order valence-electron chi connectivity index (χ4n) is 2.44. The smallest absolute Gasteiger partial charge is 0.212 e. The molecule has 0 unspecified atom stereocenters. The Morgan fingerprint density at radius 2 is 1.75 bits per heavy atom. The second-order valence-electron chi connectivity index (χ2n) is 5.23. The Morgan fingerprint density at radius 1 is 1.08 bits per heavy atom. The standard InChI is InChI=1S/C16H15ClN4O2S/c1-10-15(16(19)21(20-10)11-5-3-2-4-6-11)24(22,23)12-7-8-13(17)14(18)9-12/h2-9H,18-19H2,1H3. The Labute approximate surface area is 144 Å². The lowest BCUT2D eigenvalue weighted by molar-refractivity contribution is 0.596. The summed E-state index contributed by atoms with van der Waals surface area (Å²) in [5, 5.41) is 4.56. The van der Waals surface area contributed by atoms with E-state index in [1.807, 2.05) is 18.2 Å². The van der Waals surface area contributed by atoms with Crippen molar-refractivity contribution in [1.82, 2.24) is 9.78 Å². The highest BCUT2D eigenvalue weighted by atomic mass is 35.5. The van der Waals surface area contributed by atoms with Gasteiger partial charge in [0.2, 0.25) is 9.84 Å². The molecule has 3 aromatic rings. The van der Waals surface area contributed by atoms with Gasteiger partial charge in [-0.3, -0.25) is 0 Å². The van der Waals surface area contributed by atoms with Crippen molar-refractivity contribution in [3.05, 3.63) is 59.2 Å². The predicted octanol–water partition coefficient (Wildman–Crippen LogP) is 2.83. The number of benzene rings is 2. The molecule has 124 valence electrons. The molecule has 0 aliphatic carbocycles. The van der Waals surface area contributed by atoms with Gasteiger partial charge in [-0.05, 0) is 37.3 Å². The average Bonchev–Trinajstić information content (AvgIpc) is 2.86. The van der Waals surface area contributed by atoms with Crippen molar-refractivity contribution in [3.63, 3.8) is 0 Å². The van der Waals surface area contributed by atoms with E-state index in [4.69, 9.17) is 23.1 Å². The molecule has 3 rings (SSSR count). The first kappa shape index (κ1) is 16.4.